The predicted molar refractivity (Wildman–Crippen MR) is 133 cm³/mol. The van der Waals surface area contributed by atoms with E-state index in [2.05, 4.69) is 10.6 Å². The van der Waals surface area contributed by atoms with E-state index in [0.717, 1.165) is 0 Å². The number of aliphatic carboxylic acids is 1. The van der Waals surface area contributed by atoms with Crippen LogP contribution in [0.5, 0.6) is 5.75 Å². The topological polar surface area (TPSA) is 142 Å². The lowest BCUT2D eigenvalue weighted by Crippen LogP contribution is -2.56. The number of halogens is 1. The molecule has 3 atom stereocenters. The van der Waals surface area contributed by atoms with E-state index in [-0.39, 0.29) is 35.4 Å². The number of aldehydes is 1. The number of nitrogens with zero attached hydrogens (tertiary/aromatic N) is 1. The molecule has 1 heterocycles. The highest BCUT2D eigenvalue weighted by Crippen LogP contribution is 2.25. The lowest BCUT2D eigenvalue weighted by molar-refractivity contribution is -0.141. The van der Waals surface area contributed by atoms with Crippen molar-refractivity contribution < 1.29 is 33.8 Å². The van der Waals surface area contributed by atoms with E-state index in [1.165, 1.54) is 17.0 Å². The molecule has 2 rings (SSSR count). The fourth-order valence-electron chi connectivity index (χ4n) is 3.97. The molecule has 1 aromatic carbocycles. The predicted octanol–water partition coefficient (Wildman–Crippen LogP) is 2.42. The van der Waals surface area contributed by atoms with Crippen LogP contribution in [0.1, 0.15) is 63.7 Å². The summed E-state index contributed by atoms with van der Waals surface area (Å²) in [6, 6.07) is 2.00. The number of hydrogen-bond acceptors (Lipinski definition) is 6. The second-order valence-electron chi connectivity index (χ2n) is 9.38. The van der Waals surface area contributed by atoms with Crippen molar-refractivity contribution in [3.8, 4) is 5.75 Å². The molecule has 11 heteroatoms. The number of nitrogens with one attached hydrogen (secondary N) is 2. The van der Waals surface area contributed by atoms with Gasteiger partial charge >= 0.3 is 5.97 Å². The zero-order valence-corrected chi connectivity index (χ0v) is 21.7. The molecule has 0 aliphatic carbocycles. The number of carboxylic acid groups (broad SMARTS) is 1. The summed E-state index contributed by atoms with van der Waals surface area (Å²) in [5.74, 6) is -2.32. The van der Waals surface area contributed by atoms with Gasteiger partial charge in [0.2, 0.25) is 11.8 Å². The molecule has 1 aromatic rings. The number of hydrogen-bond donors (Lipinski definition) is 3. The lowest BCUT2D eigenvalue weighted by atomic mass is 10.0. The van der Waals surface area contributed by atoms with Gasteiger partial charge in [-0.3, -0.25) is 19.2 Å². The normalized spacial score (nSPS) is 17.0. The molecule has 0 saturated carbocycles. The summed E-state index contributed by atoms with van der Waals surface area (Å²) in [6.45, 7) is 7.62. The molecular formula is C25H34ClN3O7. The number of benzene rings is 1. The Balaban J connectivity index is 2.12. The first-order valence-electron chi connectivity index (χ1n) is 12.0. The van der Waals surface area contributed by atoms with Crippen molar-refractivity contribution in [3.05, 3.63) is 28.8 Å². The molecule has 198 valence electrons. The highest BCUT2D eigenvalue weighted by molar-refractivity contribution is 6.34. The maximum absolute atomic E-state index is 13.4. The summed E-state index contributed by atoms with van der Waals surface area (Å²) >= 11 is 6.30. The van der Waals surface area contributed by atoms with Crippen molar-refractivity contribution in [1.82, 2.24) is 15.5 Å². The Bertz CT molecular complexity index is 982. The Hall–Kier alpha value is -3.14. The van der Waals surface area contributed by atoms with Gasteiger partial charge in [-0.1, -0.05) is 25.4 Å². The minimum atomic E-state index is -1.08. The van der Waals surface area contributed by atoms with Gasteiger partial charge in [0, 0.05) is 13.0 Å². The molecule has 0 unspecified atom stereocenters. The summed E-state index contributed by atoms with van der Waals surface area (Å²) in [6.07, 6.45) is 1.08. The van der Waals surface area contributed by atoms with Crippen LogP contribution in [0.3, 0.4) is 0 Å². The number of carbonyl (C=O) groups excluding carboxylic acids is 4. The third-order valence-electron chi connectivity index (χ3n) is 5.78. The van der Waals surface area contributed by atoms with Gasteiger partial charge in [-0.2, -0.15) is 0 Å². The van der Waals surface area contributed by atoms with Crippen LogP contribution < -0.4 is 15.4 Å². The Morgan fingerprint density at radius 3 is 2.44 bits per heavy atom. The minimum absolute atomic E-state index is 0.0440. The highest BCUT2D eigenvalue weighted by atomic mass is 35.5. The van der Waals surface area contributed by atoms with Gasteiger partial charge in [0.1, 0.15) is 24.1 Å². The van der Waals surface area contributed by atoms with Crippen molar-refractivity contribution >= 4 is 41.6 Å². The third-order valence-corrected chi connectivity index (χ3v) is 6.09. The maximum atomic E-state index is 13.4. The molecule has 1 aliphatic rings. The second-order valence-corrected chi connectivity index (χ2v) is 9.78. The van der Waals surface area contributed by atoms with Gasteiger partial charge in [0.25, 0.3) is 5.91 Å². The molecule has 0 radical (unpaired) electrons. The van der Waals surface area contributed by atoms with Crippen molar-refractivity contribution in [2.45, 2.75) is 77.6 Å². The zero-order valence-electron chi connectivity index (χ0n) is 21.0. The first-order chi connectivity index (χ1) is 16.9. The summed E-state index contributed by atoms with van der Waals surface area (Å²) in [5.41, 5.74) is 0.189. The molecule has 1 saturated heterocycles. The molecule has 36 heavy (non-hydrogen) atoms. The quantitative estimate of drug-likeness (QED) is 0.357. The van der Waals surface area contributed by atoms with Crippen LogP contribution in [0, 0.1) is 5.92 Å². The van der Waals surface area contributed by atoms with Crippen LogP contribution in [0.4, 0.5) is 0 Å². The first kappa shape index (κ1) is 29.1. The standard InChI is InChI=1S/C25H34ClN3O7/c1-14(2)22(28-23(33)18-9-8-17(12-19(18)26)36-15(3)4)25(35)29-11-5-6-20(29)24(34)27-16(13-30)7-10-21(31)32/h8-9,12-16,20,22H,5-7,10-11H2,1-4H3,(H,27,34)(H,28,33)(H,31,32)/t16-,20-,22-/m0/s1. The number of amides is 3. The monoisotopic (exact) mass is 523 g/mol. The molecule has 0 bridgehead atoms. The summed E-state index contributed by atoms with van der Waals surface area (Å²) < 4.78 is 5.59. The fraction of sp³-hybridized carbons (Fsp3) is 0.560. The molecule has 1 aliphatic heterocycles. The van der Waals surface area contributed by atoms with Crippen LogP contribution >= 0.6 is 11.6 Å². The number of ether oxygens (including phenoxy) is 1. The molecule has 3 amide bonds. The SMILES string of the molecule is CC(C)Oc1ccc(C(=O)N[C@H](C(=O)N2CCC[C@H]2C(=O)N[C@H](C=O)CCC(=O)O)C(C)C)c(Cl)c1. The average molecular weight is 524 g/mol. The van der Waals surface area contributed by atoms with E-state index in [0.29, 0.717) is 31.4 Å². The zero-order chi connectivity index (χ0) is 27.0. The van der Waals surface area contributed by atoms with E-state index in [1.807, 2.05) is 13.8 Å². The van der Waals surface area contributed by atoms with E-state index in [9.17, 15) is 24.0 Å². The molecule has 0 aromatic heterocycles. The van der Waals surface area contributed by atoms with Crippen molar-refractivity contribution in [1.29, 1.82) is 0 Å². The number of carbonyl (C=O) groups is 5. The van der Waals surface area contributed by atoms with Crippen LogP contribution in [-0.2, 0) is 19.2 Å². The number of carboxylic acids is 1. The van der Waals surface area contributed by atoms with E-state index in [4.69, 9.17) is 21.4 Å². The van der Waals surface area contributed by atoms with E-state index < -0.39 is 41.8 Å². The average Bonchev–Trinajstić information content (AvgIpc) is 3.29. The Labute approximate surface area is 215 Å². The summed E-state index contributed by atoms with van der Waals surface area (Å²) in [5, 5.41) is 14.3. The second kappa shape index (κ2) is 13.2. The van der Waals surface area contributed by atoms with Gasteiger partial charge in [-0.25, -0.2) is 0 Å². The van der Waals surface area contributed by atoms with Gasteiger partial charge in [-0.05, 0) is 57.2 Å². The van der Waals surface area contributed by atoms with Crippen LogP contribution in [0.2, 0.25) is 5.02 Å². The first-order valence-corrected chi connectivity index (χ1v) is 12.4. The van der Waals surface area contributed by atoms with Gasteiger partial charge in [0.05, 0.1) is 22.7 Å². The summed E-state index contributed by atoms with van der Waals surface area (Å²) in [7, 11) is 0. The molecule has 10 nitrogen and oxygen atoms in total. The molecule has 1 fully saturated rings. The summed E-state index contributed by atoms with van der Waals surface area (Å²) in [4.78, 5) is 62.7. The van der Waals surface area contributed by atoms with Crippen molar-refractivity contribution in [2.24, 2.45) is 5.92 Å². The van der Waals surface area contributed by atoms with Gasteiger partial charge in [0.15, 0.2) is 0 Å². The third kappa shape index (κ3) is 7.94. The molecule has 3 N–H and O–H groups in total. The fourth-order valence-corrected chi connectivity index (χ4v) is 4.23. The Morgan fingerprint density at radius 2 is 1.89 bits per heavy atom. The molecular weight excluding hydrogens is 490 g/mol. The molecule has 0 spiro atoms. The van der Waals surface area contributed by atoms with Gasteiger partial charge in [-0.15, -0.1) is 0 Å². The minimum Gasteiger partial charge on any atom is -0.491 e. The lowest BCUT2D eigenvalue weighted by Gasteiger charge is -2.31. The van der Waals surface area contributed by atoms with Crippen molar-refractivity contribution in [3.63, 3.8) is 0 Å². The maximum Gasteiger partial charge on any atom is 0.303 e. The van der Waals surface area contributed by atoms with Gasteiger partial charge < -0.3 is 30.2 Å². The van der Waals surface area contributed by atoms with E-state index >= 15 is 0 Å². The van der Waals surface area contributed by atoms with Crippen LogP contribution in [-0.4, -0.2) is 70.8 Å². The van der Waals surface area contributed by atoms with Crippen LogP contribution in [0.15, 0.2) is 18.2 Å². The smallest absolute Gasteiger partial charge is 0.303 e. The van der Waals surface area contributed by atoms with Crippen LogP contribution in [0.25, 0.3) is 0 Å². The Kier molecular flexibility index (Phi) is 10.7. The van der Waals surface area contributed by atoms with Crippen molar-refractivity contribution in [2.75, 3.05) is 6.54 Å². The van der Waals surface area contributed by atoms with E-state index in [1.54, 1.807) is 19.9 Å². The highest BCUT2D eigenvalue weighted by Gasteiger charge is 2.39. The number of likely N-dealkylation sites (tertiary alicyclic amines) is 1. The largest absolute Gasteiger partial charge is 0.491 e. The number of rotatable bonds is 12. The Morgan fingerprint density at radius 1 is 1.19 bits per heavy atom.